The van der Waals surface area contributed by atoms with Crippen LogP contribution in [0.1, 0.15) is 10.5 Å². The minimum absolute atomic E-state index is 0.00171. The van der Waals surface area contributed by atoms with Crippen molar-refractivity contribution in [1.29, 1.82) is 0 Å². The molecular weight excluding hydrogens is 194 g/mol. The number of aromatic nitrogens is 3. The molecule has 5 nitrogen and oxygen atoms in total. The predicted octanol–water partition coefficient (Wildman–Crippen LogP) is 1.24. The molecule has 0 unspecified atom stereocenters. The summed E-state index contributed by atoms with van der Waals surface area (Å²) < 4.78 is 0. The predicted molar refractivity (Wildman–Crippen MR) is 52.2 cm³/mol. The Morgan fingerprint density at radius 1 is 1.20 bits per heavy atom. The molecule has 0 spiro atoms. The highest BCUT2D eigenvalue weighted by atomic mass is 16.4. The Balaban J connectivity index is 2.46. The Labute approximate surface area is 85.5 Å². The van der Waals surface area contributed by atoms with E-state index in [4.69, 9.17) is 5.11 Å². The van der Waals surface area contributed by atoms with Crippen LogP contribution in [0, 0.1) is 0 Å². The van der Waals surface area contributed by atoms with Gasteiger partial charge in [0.05, 0.1) is 11.9 Å². The molecule has 0 radical (unpaired) electrons. The Morgan fingerprint density at radius 3 is 2.73 bits per heavy atom. The van der Waals surface area contributed by atoms with Crippen LogP contribution in [0.15, 0.2) is 36.9 Å². The maximum absolute atomic E-state index is 10.7. The maximum Gasteiger partial charge on any atom is 0.354 e. The number of hydrogen-bond donors (Lipinski definition) is 1. The average Bonchev–Trinajstić information content (AvgIpc) is 2.30. The number of rotatable bonds is 2. The number of hydrogen-bond acceptors (Lipinski definition) is 4. The van der Waals surface area contributed by atoms with Crippen molar-refractivity contribution in [3.8, 4) is 11.3 Å². The van der Waals surface area contributed by atoms with Crippen LogP contribution in [0.2, 0.25) is 0 Å². The molecule has 0 fully saturated rings. The molecule has 5 heteroatoms. The lowest BCUT2D eigenvalue weighted by molar-refractivity contribution is 0.0690. The summed E-state index contributed by atoms with van der Waals surface area (Å²) in [4.78, 5) is 22.4. The molecule has 2 heterocycles. The SMILES string of the molecule is O=C(O)c1cc(-c2cnccn2)ccn1. The Morgan fingerprint density at radius 2 is 2.07 bits per heavy atom. The summed E-state index contributed by atoms with van der Waals surface area (Å²) in [5, 5.41) is 8.76. The van der Waals surface area contributed by atoms with Gasteiger partial charge in [0.2, 0.25) is 0 Å². The van der Waals surface area contributed by atoms with E-state index in [1.165, 1.54) is 12.3 Å². The van der Waals surface area contributed by atoms with Crippen LogP contribution in [0.4, 0.5) is 0 Å². The molecule has 2 rings (SSSR count). The molecule has 0 aliphatic carbocycles. The van der Waals surface area contributed by atoms with Crippen molar-refractivity contribution in [2.45, 2.75) is 0 Å². The van der Waals surface area contributed by atoms with Gasteiger partial charge in [-0.15, -0.1) is 0 Å². The van der Waals surface area contributed by atoms with Crippen LogP contribution in [0.3, 0.4) is 0 Å². The fourth-order valence-electron chi connectivity index (χ4n) is 1.15. The summed E-state index contributed by atoms with van der Waals surface area (Å²) in [6.07, 6.45) is 6.12. The van der Waals surface area contributed by atoms with Crippen molar-refractivity contribution in [1.82, 2.24) is 15.0 Å². The number of pyridine rings is 1. The van der Waals surface area contributed by atoms with Crippen LogP contribution < -0.4 is 0 Å². The van der Waals surface area contributed by atoms with Crippen LogP contribution >= 0.6 is 0 Å². The number of carboxylic acid groups (broad SMARTS) is 1. The van der Waals surface area contributed by atoms with E-state index < -0.39 is 5.97 Å². The summed E-state index contributed by atoms with van der Waals surface area (Å²) in [6, 6.07) is 3.16. The number of carbonyl (C=O) groups is 1. The topological polar surface area (TPSA) is 76.0 Å². The first kappa shape index (κ1) is 9.26. The molecule has 0 saturated carbocycles. The van der Waals surface area contributed by atoms with Gasteiger partial charge >= 0.3 is 5.97 Å². The summed E-state index contributed by atoms with van der Waals surface area (Å²) in [5.74, 6) is -1.05. The fourth-order valence-corrected chi connectivity index (χ4v) is 1.15. The molecule has 0 aliphatic heterocycles. The molecule has 0 amide bonds. The lowest BCUT2D eigenvalue weighted by Gasteiger charge is -1.99. The fraction of sp³-hybridized carbons (Fsp3) is 0. The Kier molecular flexibility index (Phi) is 2.37. The Bertz CT molecular complexity index is 485. The quantitative estimate of drug-likeness (QED) is 0.790. The maximum atomic E-state index is 10.7. The van der Waals surface area contributed by atoms with E-state index in [-0.39, 0.29) is 5.69 Å². The lowest BCUT2D eigenvalue weighted by Crippen LogP contribution is -1.99. The molecule has 1 N–H and O–H groups in total. The first-order valence-electron chi connectivity index (χ1n) is 4.23. The molecule has 0 saturated heterocycles. The molecule has 0 aliphatic rings. The molecule has 2 aromatic heterocycles. The van der Waals surface area contributed by atoms with Crippen LogP contribution in [0.25, 0.3) is 11.3 Å². The second-order valence-electron chi connectivity index (χ2n) is 2.83. The van der Waals surface area contributed by atoms with E-state index in [1.54, 1.807) is 24.7 Å². The van der Waals surface area contributed by atoms with E-state index >= 15 is 0 Å². The van der Waals surface area contributed by atoms with Crippen molar-refractivity contribution in [3.63, 3.8) is 0 Å². The molecule has 2 aromatic rings. The standard InChI is InChI=1S/C10H7N3O2/c14-10(15)8-5-7(1-2-12-8)9-6-11-3-4-13-9/h1-6H,(H,14,15). The average molecular weight is 201 g/mol. The van der Waals surface area contributed by atoms with Gasteiger partial charge in [0, 0.05) is 24.2 Å². The van der Waals surface area contributed by atoms with Crippen molar-refractivity contribution in [2.75, 3.05) is 0 Å². The third-order valence-electron chi connectivity index (χ3n) is 1.84. The van der Waals surface area contributed by atoms with Gasteiger partial charge in [-0.2, -0.15) is 0 Å². The van der Waals surface area contributed by atoms with Gasteiger partial charge in [0.25, 0.3) is 0 Å². The zero-order chi connectivity index (χ0) is 10.7. The zero-order valence-corrected chi connectivity index (χ0v) is 7.66. The first-order valence-corrected chi connectivity index (χ1v) is 4.23. The van der Waals surface area contributed by atoms with Gasteiger partial charge in [0.1, 0.15) is 5.69 Å². The smallest absolute Gasteiger partial charge is 0.354 e. The van der Waals surface area contributed by atoms with E-state index in [1.807, 2.05) is 0 Å². The first-order chi connectivity index (χ1) is 7.27. The molecule has 0 atom stereocenters. The lowest BCUT2D eigenvalue weighted by atomic mass is 10.2. The van der Waals surface area contributed by atoms with Gasteiger partial charge in [-0.05, 0) is 12.1 Å². The molecule has 0 bridgehead atoms. The van der Waals surface area contributed by atoms with Crippen molar-refractivity contribution in [3.05, 3.63) is 42.6 Å². The third-order valence-corrected chi connectivity index (χ3v) is 1.84. The van der Waals surface area contributed by atoms with Gasteiger partial charge in [-0.1, -0.05) is 0 Å². The minimum Gasteiger partial charge on any atom is -0.477 e. The van der Waals surface area contributed by atoms with Crippen LogP contribution in [0.5, 0.6) is 0 Å². The highest BCUT2D eigenvalue weighted by Gasteiger charge is 2.06. The van der Waals surface area contributed by atoms with E-state index in [0.717, 1.165) is 0 Å². The number of aromatic carboxylic acids is 1. The van der Waals surface area contributed by atoms with E-state index in [0.29, 0.717) is 11.3 Å². The minimum atomic E-state index is -1.05. The second kappa shape index (κ2) is 3.83. The van der Waals surface area contributed by atoms with Crippen molar-refractivity contribution in [2.24, 2.45) is 0 Å². The summed E-state index contributed by atoms with van der Waals surface area (Å²) in [5.41, 5.74) is 1.32. The third kappa shape index (κ3) is 1.96. The number of nitrogens with zero attached hydrogens (tertiary/aromatic N) is 3. The molecular formula is C10H7N3O2. The Hall–Kier alpha value is -2.30. The van der Waals surface area contributed by atoms with Crippen LogP contribution in [-0.2, 0) is 0 Å². The normalized spacial score (nSPS) is 9.87. The largest absolute Gasteiger partial charge is 0.477 e. The summed E-state index contributed by atoms with van der Waals surface area (Å²) in [7, 11) is 0. The summed E-state index contributed by atoms with van der Waals surface area (Å²) >= 11 is 0. The van der Waals surface area contributed by atoms with E-state index in [2.05, 4.69) is 15.0 Å². The highest BCUT2D eigenvalue weighted by molar-refractivity contribution is 5.86. The second-order valence-corrected chi connectivity index (χ2v) is 2.83. The monoisotopic (exact) mass is 201 g/mol. The molecule has 74 valence electrons. The van der Waals surface area contributed by atoms with Crippen LogP contribution in [-0.4, -0.2) is 26.0 Å². The van der Waals surface area contributed by atoms with Gasteiger partial charge < -0.3 is 5.11 Å². The van der Waals surface area contributed by atoms with Gasteiger partial charge in [-0.3, -0.25) is 9.97 Å². The van der Waals surface area contributed by atoms with Gasteiger partial charge in [-0.25, -0.2) is 9.78 Å². The zero-order valence-electron chi connectivity index (χ0n) is 7.66. The molecule has 15 heavy (non-hydrogen) atoms. The van der Waals surface area contributed by atoms with Gasteiger partial charge in [0.15, 0.2) is 0 Å². The van der Waals surface area contributed by atoms with Crippen molar-refractivity contribution < 1.29 is 9.90 Å². The van der Waals surface area contributed by atoms with E-state index in [9.17, 15) is 4.79 Å². The summed E-state index contributed by atoms with van der Waals surface area (Å²) in [6.45, 7) is 0. The molecule has 0 aromatic carbocycles. The number of carboxylic acids is 1. The highest BCUT2D eigenvalue weighted by Crippen LogP contribution is 2.15. The van der Waals surface area contributed by atoms with Crippen molar-refractivity contribution >= 4 is 5.97 Å².